The number of carboxylic acid groups (broad SMARTS) is 1. The summed E-state index contributed by atoms with van der Waals surface area (Å²) in [5, 5.41) is 22.0. The fourth-order valence-electron chi connectivity index (χ4n) is 1.99. The number of benzene rings is 1. The van der Waals surface area contributed by atoms with Gasteiger partial charge in [0.2, 0.25) is 0 Å². The number of nitrogens with zero attached hydrogens (tertiary/aromatic N) is 2. The summed E-state index contributed by atoms with van der Waals surface area (Å²) in [6, 6.07) is 6.98. The van der Waals surface area contributed by atoms with E-state index in [0.29, 0.717) is 12.2 Å². The molecule has 5 nitrogen and oxygen atoms in total. The molecule has 0 spiro atoms. The fraction of sp³-hybridized carbons (Fsp3) is 0.357. The summed E-state index contributed by atoms with van der Waals surface area (Å²) >= 11 is 0. The molecule has 5 heteroatoms. The summed E-state index contributed by atoms with van der Waals surface area (Å²) in [5.41, 5.74) is 0. The van der Waals surface area contributed by atoms with Crippen molar-refractivity contribution in [3.63, 3.8) is 0 Å². The first-order chi connectivity index (χ1) is 9.08. The maximum atomic E-state index is 11.3. The minimum atomic E-state index is -0.872. The Labute approximate surface area is 111 Å². The predicted molar refractivity (Wildman–Crippen MR) is 74.0 cm³/mol. The van der Waals surface area contributed by atoms with Crippen molar-refractivity contribution in [3.8, 4) is 0 Å². The monoisotopic (exact) mass is 259 g/mol. The minimum Gasteiger partial charge on any atom is -0.480 e. The summed E-state index contributed by atoms with van der Waals surface area (Å²) in [4.78, 5) is 11.3. The predicted octanol–water partition coefficient (Wildman–Crippen LogP) is 2.54. The van der Waals surface area contributed by atoms with E-state index in [9.17, 15) is 9.90 Å². The largest absolute Gasteiger partial charge is 0.480 e. The van der Waals surface area contributed by atoms with Crippen LogP contribution < -0.4 is 5.32 Å². The molecular formula is C14H17N3O2. The third-order valence-corrected chi connectivity index (χ3v) is 2.89. The Balaban J connectivity index is 2.31. The first kappa shape index (κ1) is 13.3. The van der Waals surface area contributed by atoms with E-state index in [1.165, 1.54) is 0 Å². The molecule has 1 unspecified atom stereocenters. The molecule has 1 aromatic heterocycles. The maximum Gasteiger partial charge on any atom is 0.326 e. The van der Waals surface area contributed by atoms with E-state index < -0.39 is 12.0 Å². The van der Waals surface area contributed by atoms with Gasteiger partial charge in [-0.3, -0.25) is 0 Å². The van der Waals surface area contributed by atoms with E-state index >= 15 is 0 Å². The van der Waals surface area contributed by atoms with E-state index in [4.69, 9.17) is 0 Å². The van der Waals surface area contributed by atoms with Crippen molar-refractivity contribution in [1.82, 2.24) is 10.2 Å². The van der Waals surface area contributed by atoms with Crippen LogP contribution >= 0.6 is 0 Å². The Morgan fingerprint density at radius 3 is 2.79 bits per heavy atom. The molecule has 0 amide bonds. The van der Waals surface area contributed by atoms with Crippen molar-refractivity contribution in [3.05, 3.63) is 30.5 Å². The summed E-state index contributed by atoms with van der Waals surface area (Å²) in [6.07, 6.45) is 2.21. The summed E-state index contributed by atoms with van der Waals surface area (Å²) < 4.78 is 0. The Morgan fingerprint density at radius 1 is 1.37 bits per heavy atom. The van der Waals surface area contributed by atoms with Crippen molar-refractivity contribution >= 4 is 22.6 Å². The van der Waals surface area contributed by atoms with Gasteiger partial charge in [0, 0.05) is 10.8 Å². The molecular weight excluding hydrogens is 242 g/mol. The van der Waals surface area contributed by atoms with E-state index in [-0.39, 0.29) is 5.92 Å². The van der Waals surface area contributed by atoms with E-state index in [1.807, 2.05) is 38.1 Å². The highest BCUT2D eigenvalue weighted by Gasteiger charge is 2.20. The van der Waals surface area contributed by atoms with Gasteiger partial charge in [-0.15, -0.1) is 5.10 Å². The van der Waals surface area contributed by atoms with Crippen LogP contribution in [0.1, 0.15) is 20.3 Å². The Morgan fingerprint density at radius 2 is 2.11 bits per heavy atom. The number of nitrogens with one attached hydrogen (secondary N) is 1. The first-order valence-electron chi connectivity index (χ1n) is 6.27. The number of fused-ring (bicyclic) bond motifs is 1. The molecule has 2 aromatic rings. The Hall–Kier alpha value is -2.17. The van der Waals surface area contributed by atoms with Crippen LogP contribution in [-0.4, -0.2) is 27.3 Å². The molecule has 2 rings (SSSR count). The minimum absolute atomic E-state index is 0.288. The zero-order chi connectivity index (χ0) is 13.8. The van der Waals surface area contributed by atoms with Crippen LogP contribution in [0.2, 0.25) is 0 Å². The van der Waals surface area contributed by atoms with Gasteiger partial charge < -0.3 is 10.4 Å². The zero-order valence-electron chi connectivity index (χ0n) is 11.0. The SMILES string of the molecule is CC(C)CC(Nc1nncc2ccccc12)C(=O)O. The van der Waals surface area contributed by atoms with Crippen LogP contribution in [0.4, 0.5) is 5.82 Å². The van der Waals surface area contributed by atoms with Crippen molar-refractivity contribution in [2.75, 3.05) is 5.32 Å². The van der Waals surface area contributed by atoms with Crippen molar-refractivity contribution in [2.45, 2.75) is 26.3 Å². The maximum absolute atomic E-state index is 11.3. The highest BCUT2D eigenvalue weighted by molar-refractivity contribution is 5.92. The average Bonchev–Trinajstić information content (AvgIpc) is 2.37. The van der Waals surface area contributed by atoms with Gasteiger partial charge in [0.15, 0.2) is 5.82 Å². The molecule has 1 aromatic carbocycles. The molecule has 2 N–H and O–H groups in total. The lowest BCUT2D eigenvalue weighted by Gasteiger charge is -2.17. The Bertz CT molecular complexity index is 578. The van der Waals surface area contributed by atoms with Crippen LogP contribution in [0.25, 0.3) is 10.8 Å². The van der Waals surface area contributed by atoms with Crippen molar-refractivity contribution in [2.24, 2.45) is 5.92 Å². The molecule has 0 aliphatic heterocycles. The molecule has 1 atom stereocenters. The normalized spacial score (nSPS) is 12.6. The lowest BCUT2D eigenvalue weighted by molar-refractivity contribution is -0.138. The number of anilines is 1. The quantitative estimate of drug-likeness (QED) is 0.863. The molecule has 0 aliphatic carbocycles. The third-order valence-electron chi connectivity index (χ3n) is 2.89. The smallest absolute Gasteiger partial charge is 0.326 e. The molecule has 0 saturated carbocycles. The molecule has 19 heavy (non-hydrogen) atoms. The summed E-state index contributed by atoms with van der Waals surface area (Å²) in [6.45, 7) is 3.98. The topological polar surface area (TPSA) is 75.1 Å². The van der Waals surface area contributed by atoms with Gasteiger partial charge in [0.25, 0.3) is 0 Å². The van der Waals surface area contributed by atoms with Gasteiger partial charge in [-0.1, -0.05) is 38.1 Å². The molecule has 0 aliphatic rings. The lowest BCUT2D eigenvalue weighted by Crippen LogP contribution is -2.31. The average molecular weight is 259 g/mol. The van der Waals surface area contributed by atoms with E-state index in [0.717, 1.165) is 10.8 Å². The zero-order valence-corrected chi connectivity index (χ0v) is 11.0. The lowest BCUT2D eigenvalue weighted by atomic mass is 10.0. The van der Waals surface area contributed by atoms with Crippen LogP contribution in [-0.2, 0) is 4.79 Å². The van der Waals surface area contributed by atoms with Crippen molar-refractivity contribution in [1.29, 1.82) is 0 Å². The number of hydrogen-bond donors (Lipinski definition) is 2. The number of aliphatic carboxylic acids is 1. The second kappa shape index (κ2) is 5.65. The second-order valence-corrected chi connectivity index (χ2v) is 4.95. The van der Waals surface area contributed by atoms with E-state index in [1.54, 1.807) is 6.20 Å². The molecule has 1 heterocycles. The summed E-state index contributed by atoms with van der Waals surface area (Å²) in [5.74, 6) is -0.0638. The van der Waals surface area contributed by atoms with Crippen LogP contribution in [0.5, 0.6) is 0 Å². The fourth-order valence-corrected chi connectivity index (χ4v) is 1.99. The van der Waals surface area contributed by atoms with Gasteiger partial charge >= 0.3 is 5.97 Å². The molecule has 0 saturated heterocycles. The number of carboxylic acids is 1. The molecule has 0 fully saturated rings. The van der Waals surface area contributed by atoms with Crippen molar-refractivity contribution < 1.29 is 9.90 Å². The van der Waals surface area contributed by atoms with Gasteiger partial charge in [-0.25, -0.2) is 4.79 Å². The number of hydrogen-bond acceptors (Lipinski definition) is 4. The van der Waals surface area contributed by atoms with Gasteiger partial charge in [-0.05, 0) is 12.3 Å². The highest BCUT2D eigenvalue weighted by Crippen LogP contribution is 2.21. The van der Waals surface area contributed by atoms with Crippen LogP contribution in [0.3, 0.4) is 0 Å². The number of rotatable bonds is 5. The molecule has 0 bridgehead atoms. The van der Waals surface area contributed by atoms with Gasteiger partial charge in [-0.2, -0.15) is 5.10 Å². The third kappa shape index (κ3) is 3.19. The summed E-state index contributed by atoms with van der Waals surface area (Å²) in [7, 11) is 0. The number of carbonyl (C=O) groups is 1. The van der Waals surface area contributed by atoms with E-state index in [2.05, 4.69) is 15.5 Å². The standard InChI is InChI=1S/C14H17N3O2/c1-9(2)7-12(14(18)19)16-13-11-6-4-3-5-10(11)8-15-17-13/h3-6,8-9,12H,7H2,1-2H3,(H,16,17)(H,18,19). The number of aromatic nitrogens is 2. The Kier molecular flexibility index (Phi) is 3.94. The molecule has 100 valence electrons. The highest BCUT2D eigenvalue weighted by atomic mass is 16.4. The van der Waals surface area contributed by atoms with Gasteiger partial charge in [0.1, 0.15) is 6.04 Å². The van der Waals surface area contributed by atoms with Crippen LogP contribution in [0.15, 0.2) is 30.5 Å². The second-order valence-electron chi connectivity index (χ2n) is 4.95. The molecule has 0 radical (unpaired) electrons. The van der Waals surface area contributed by atoms with Gasteiger partial charge in [0.05, 0.1) is 6.20 Å². The first-order valence-corrected chi connectivity index (χ1v) is 6.27. The van der Waals surface area contributed by atoms with Crippen LogP contribution in [0, 0.1) is 5.92 Å².